The summed E-state index contributed by atoms with van der Waals surface area (Å²) in [5.41, 5.74) is 4.89. The fourth-order valence-electron chi connectivity index (χ4n) is 3.28. The van der Waals surface area contributed by atoms with Crippen LogP contribution in [0, 0.1) is 0 Å². The van der Waals surface area contributed by atoms with E-state index in [0.717, 1.165) is 14.5 Å². The van der Waals surface area contributed by atoms with Crippen LogP contribution < -0.4 is 19.9 Å². The topological polar surface area (TPSA) is 67.9 Å². The number of carbonyl (C=O) groups is 2. The van der Waals surface area contributed by atoms with Crippen molar-refractivity contribution in [2.24, 2.45) is 0 Å². The highest BCUT2D eigenvalue weighted by molar-refractivity contribution is 9.11. The molecule has 1 heterocycles. The molecule has 33 heavy (non-hydrogen) atoms. The van der Waals surface area contributed by atoms with E-state index in [0.29, 0.717) is 36.0 Å². The molecule has 0 saturated carbocycles. The Morgan fingerprint density at radius 2 is 1.73 bits per heavy atom. The van der Waals surface area contributed by atoms with Gasteiger partial charge in [0, 0.05) is 14.5 Å². The summed E-state index contributed by atoms with van der Waals surface area (Å²) < 4.78 is 13.7. The molecule has 0 atom stereocenters. The molecule has 0 bridgehead atoms. The van der Waals surface area contributed by atoms with Crippen LogP contribution >= 0.6 is 31.9 Å². The zero-order valence-corrected chi connectivity index (χ0v) is 20.9. The number of hydrogen-bond acceptors (Lipinski definition) is 4. The Bertz CT molecular complexity index is 1230. The van der Waals surface area contributed by atoms with Crippen molar-refractivity contribution < 1.29 is 19.1 Å². The smallest absolute Gasteiger partial charge is 0.282 e. The molecule has 1 saturated heterocycles. The normalized spacial score (nSPS) is 14.5. The lowest BCUT2D eigenvalue weighted by atomic mass is 10.1. The van der Waals surface area contributed by atoms with Gasteiger partial charge in [-0.25, -0.2) is 5.01 Å². The molecular weight excluding hydrogens is 552 g/mol. The van der Waals surface area contributed by atoms with Gasteiger partial charge in [-0.2, -0.15) is 0 Å². The molecule has 1 N–H and O–H groups in total. The van der Waals surface area contributed by atoms with E-state index < -0.39 is 11.8 Å². The van der Waals surface area contributed by atoms with E-state index in [-0.39, 0.29) is 5.57 Å². The summed E-state index contributed by atoms with van der Waals surface area (Å²) in [6.45, 7) is 2.67. The molecule has 1 aliphatic rings. The number of hydrogen-bond donors (Lipinski definition) is 1. The number of hydrazine groups is 1. The van der Waals surface area contributed by atoms with Crippen molar-refractivity contribution in [1.82, 2.24) is 5.43 Å². The van der Waals surface area contributed by atoms with Gasteiger partial charge in [-0.05, 0) is 55.0 Å². The van der Waals surface area contributed by atoms with Crippen molar-refractivity contribution in [3.05, 3.63) is 92.4 Å². The fraction of sp³-hybridized carbons (Fsp3) is 0.120. The molecule has 0 spiro atoms. The van der Waals surface area contributed by atoms with Crippen molar-refractivity contribution in [2.75, 3.05) is 11.6 Å². The third-order valence-electron chi connectivity index (χ3n) is 4.88. The van der Waals surface area contributed by atoms with Crippen LogP contribution in [0.25, 0.3) is 6.08 Å². The van der Waals surface area contributed by atoms with Crippen LogP contribution in [0.4, 0.5) is 5.69 Å². The number of nitrogens with zero attached hydrogens (tertiary/aromatic N) is 1. The molecule has 0 radical (unpaired) electrons. The molecule has 3 aromatic carbocycles. The third kappa shape index (κ3) is 5.29. The van der Waals surface area contributed by atoms with E-state index in [4.69, 9.17) is 9.47 Å². The Morgan fingerprint density at radius 1 is 0.939 bits per heavy atom. The van der Waals surface area contributed by atoms with Gasteiger partial charge in [0.15, 0.2) is 11.5 Å². The lowest BCUT2D eigenvalue weighted by Gasteiger charge is -2.14. The summed E-state index contributed by atoms with van der Waals surface area (Å²) in [5, 5.41) is 1.24. The minimum absolute atomic E-state index is 0.0498. The molecule has 168 valence electrons. The number of para-hydroxylation sites is 1. The van der Waals surface area contributed by atoms with Crippen molar-refractivity contribution >= 4 is 55.4 Å². The van der Waals surface area contributed by atoms with E-state index in [1.807, 2.05) is 31.2 Å². The van der Waals surface area contributed by atoms with Gasteiger partial charge in [0.05, 0.1) is 12.3 Å². The van der Waals surface area contributed by atoms with Gasteiger partial charge in [-0.1, -0.05) is 62.2 Å². The molecule has 4 rings (SSSR count). The van der Waals surface area contributed by atoms with Crippen LogP contribution in [0.5, 0.6) is 11.5 Å². The Kier molecular flexibility index (Phi) is 7.15. The van der Waals surface area contributed by atoms with E-state index in [2.05, 4.69) is 37.3 Å². The van der Waals surface area contributed by atoms with E-state index >= 15 is 0 Å². The molecular formula is C25H20Br2N2O4. The average Bonchev–Trinajstić information content (AvgIpc) is 3.08. The second-order valence-electron chi connectivity index (χ2n) is 7.14. The first kappa shape index (κ1) is 23.1. The van der Waals surface area contributed by atoms with Crippen LogP contribution in [-0.4, -0.2) is 18.4 Å². The molecule has 1 fully saturated rings. The first-order valence-corrected chi connectivity index (χ1v) is 11.8. The zero-order chi connectivity index (χ0) is 23.4. The summed E-state index contributed by atoms with van der Waals surface area (Å²) in [4.78, 5) is 25.3. The minimum atomic E-state index is -0.456. The number of benzene rings is 3. The highest BCUT2D eigenvalue weighted by Gasteiger charge is 2.34. The number of anilines is 1. The van der Waals surface area contributed by atoms with E-state index in [1.54, 1.807) is 48.5 Å². The molecule has 1 aliphatic heterocycles. The van der Waals surface area contributed by atoms with Gasteiger partial charge < -0.3 is 9.47 Å². The molecule has 6 nitrogen and oxygen atoms in total. The second-order valence-corrected chi connectivity index (χ2v) is 8.91. The number of nitrogens with one attached hydrogen (secondary N) is 1. The Hall–Kier alpha value is -3.10. The van der Waals surface area contributed by atoms with Crippen LogP contribution in [0.1, 0.15) is 18.1 Å². The van der Waals surface area contributed by atoms with Crippen LogP contribution in [-0.2, 0) is 16.2 Å². The van der Waals surface area contributed by atoms with Gasteiger partial charge >= 0.3 is 0 Å². The van der Waals surface area contributed by atoms with E-state index in [1.165, 1.54) is 5.01 Å². The Balaban J connectivity index is 1.56. The highest BCUT2D eigenvalue weighted by Crippen LogP contribution is 2.32. The molecule has 8 heteroatoms. The summed E-state index contributed by atoms with van der Waals surface area (Å²) >= 11 is 6.98. The molecule has 3 aromatic rings. The molecule has 0 unspecified atom stereocenters. The first-order chi connectivity index (χ1) is 16.0. The summed E-state index contributed by atoms with van der Waals surface area (Å²) in [7, 11) is 0. The summed E-state index contributed by atoms with van der Waals surface area (Å²) in [6.07, 6.45) is 1.55. The number of amides is 2. The minimum Gasteiger partial charge on any atom is -0.490 e. The maximum absolute atomic E-state index is 12.8. The van der Waals surface area contributed by atoms with Gasteiger partial charge in [0.25, 0.3) is 11.8 Å². The maximum atomic E-state index is 12.8. The van der Waals surface area contributed by atoms with Crippen LogP contribution in [0.2, 0.25) is 0 Å². The zero-order valence-electron chi connectivity index (χ0n) is 17.7. The number of carbonyl (C=O) groups excluding carboxylic acids is 2. The fourth-order valence-corrected chi connectivity index (χ4v) is 4.44. The monoisotopic (exact) mass is 570 g/mol. The predicted molar refractivity (Wildman–Crippen MR) is 134 cm³/mol. The second kappa shape index (κ2) is 10.2. The van der Waals surface area contributed by atoms with Crippen molar-refractivity contribution in [2.45, 2.75) is 13.5 Å². The molecule has 2 amide bonds. The number of halogens is 2. The summed E-state index contributed by atoms with van der Waals surface area (Å²) in [6, 6.07) is 20.1. The van der Waals surface area contributed by atoms with Gasteiger partial charge in [-0.3, -0.25) is 15.0 Å². The Morgan fingerprint density at radius 3 is 2.45 bits per heavy atom. The first-order valence-electron chi connectivity index (χ1n) is 10.2. The van der Waals surface area contributed by atoms with Crippen molar-refractivity contribution in [1.29, 1.82) is 0 Å². The van der Waals surface area contributed by atoms with Crippen LogP contribution in [0.3, 0.4) is 0 Å². The van der Waals surface area contributed by atoms with Gasteiger partial charge in [-0.15, -0.1) is 0 Å². The number of rotatable bonds is 7. The third-order valence-corrected chi connectivity index (χ3v) is 6.11. The van der Waals surface area contributed by atoms with Crippen molar-refractivity contribution in [3.63, 3.8) is 0 Å². The van der Waals surface area contributed by atoms with E-state index in [9.17, 15) is 9.59 Å². The Labute approximate surface area is 208 Å². The van der Waals surface area contributed by atoms with Crippen molar-refractivity contribution in [3.8, 4) is 11.5 Å². The molecule has 0 aromatic heterocycles. The standard InChI is InChI=1S/C25H20Br2N2O4/c1-2-32-23-13-16(8-11-22(23)33-15-17-9-10-18(26)14-21(17)27)12-20-24(30)28-29(25(20)31)19-6-4-3-5-7-19/h3-14H,2,15H2,1H3,(H,28,30)/b20-12-. The van der Waals surface area contributed by atoms with Gasteiger partial charge in [0.1, 0.15) is 12.2 Å². The van der Waals surface area contributed by atoms with Crippen LogP contribution in [0.15, 0.2) is 81.2 Å². The average molecular weight is 572 g/mol. The summed E-state index contributed by atoms with van der Waals surface area (Å²) in [5.74, 6) is 0.236. The quantitative estimate of drug-likeness (QED) is 0.294. The lowest BCUT2D eigenvalue weighted by molar-refractivity contribution is -0.117. The predicted octanol–water partition coefficient (Wildman–Crippen LogP) is 5.65. The lowest BCUT2D eigenvalue weighted by Crippen LogP contribution is -2.35. The van der Waals surface area contributed by atoms with Gasteiger partial charge in [0.2, 0.25) is 0 Å². The number of ether oxygens (including phenoxy) is 2. The molecule has 0 aliphatic carbocycles. The maximum Gasteiger partial charge on any atom is 0.282 e. The highest BCUT2D eigenvalue weighted by atomic mass is 79.9. The largest absolute Gasteiger partial charge is 0.490 e. The SMILES string of the molecule is CCOc1cc(/C=C2/C(=O)NN(c3ccccc3)C2=O)ccc1OCc1ccc(Br)cc1Br.